The van der Waals surface area contributed by atoms with Crippen LogP contribution in [-0.4, -0.2) is 19.8 Å². The fraction of sp³-hybridized carbons (Fsp3) is 0.143. The number of hydrogen-bond donors (Lipinski definition) is 1. The summed E-state index contributed by atoms with van der Waals surface area (Å²) in [7, 11) is 0.830. The molecular formula is C7H8BFO3. The molecule has 1 N–H and O–H groups in total. The second kappa shape index (κ2) is 3.97. The molecular weight excluding hydrogens is 162 g/mol. The maximum atomic E-state index is 12.9. The zero-order valence-electron chi connectivity index (χ0n) is 6.58. The zero-order valence-corrected chi connectivity index (χ0v) is 6.58. The van der Waals surface area contributed by atoms with Crippen LogP contribution in [0.3, 0.4) is 0 Å². The third-order valence-corrected chi connectivity index (χ3v) is 1.36. The maximum absolute atomic E-state index is 12.9. The van der Waals surface area contributed by atoms with E-state index in [2.05, 4.69) is 4.65 Å². The summed E-state index contributed by atoms with van der Waals surface area (Å²) in [4.78, 5) is 0. The predicted octanol–water partition coefficient (Wildman–Crippen LogP) is 0.472. The van der Waals surface area contributed by atoms with Crippen LogP contribution < -0.4 is 9.39 Å². The first-order valence-corrected chi connectivity index (χ1v) is 3.35. The molecule has 0 amide bonds. The first-order valence-electron chi connectivity index (χ1n) is 3.35. The van der Waals surface area contributed by atoms with Crippen molar-refractivity contribution in [2.45, 2.75) is 0 Å². The van der Waals surface area contributed by atoms with Crippen molar-refractivity contribution in [3.63, 3.8) is 0 Å². The highest BCUT2D eigenvalue weighted by atomic mass is 19.1. The fourth-order valence-electron chi connectivity index (χ4n) is 0.854. The number of para-hydroxylation sites is 1. The van der Waals surface area contributed by atoms with E-state index in [-0.39, 0.29) is 11.5 Å². The third-order valence-electron chi connectivity index (χ3n) is 1.36. The van der Waals surface area contributed by atoms with E-state index in [9.17, 15) is 4.39 Å². The molecule has 12 heavy (non-hydrogen) atoms. The third kappa shape index (κ3) is 1.68. The van der Waals surface area contributed by atoms with Crippen molar-refractivity contribution in [1.29, 1.82) is 0 Å². The van der Waals surface area contributed by atoms with E-state index >= 15 is 0 Å². The summed E-state index contributed by atoms with van der Waals surface area (Å²) in [6, 6.07) is 4.28. The normalized spacial score (nSPS) is 9.25. The molecule has 0 radical (unpaired) electrons. The first kappa shape index (κ1) is 8.87. The second-order valence-electron chi connectivity index (χ2n) is 2.04. The second-order valence-corrected chi connectivity index (χ2v) is 2.04. The molecule has 0 bridgehead atoms. The van der Waals surface area contributed by atoms with E-state index in [1.807, 2.05) is 0 Å². The van der Waals surface area contributed by atoms with Crippen LogP contribution in [0.1, 0.15) is 0 Å². The Morgan fingerprint density at radius 3 is 2.83 bits per heavy atom. The molecule has 0 fully saturated rings. The minimum absolute atomic E-state index is 0.0671. The Bertz CT molecular complexity index is 267. The predicted molar refractivity (Wildman–Crippen MR) is 42.9 cm³/mol. The van der Waals surface area contributed by atoms with Gasteiger partial charge in [0.15, 0.2) is 17.3 Å². The summed E-state index contributed by atoms with van der Waals surface area (Å²) in [5.41, 5.74) is 0. The van der Waals surface area contributed by atoms with Crippen LogP contribution >= 0.6 is 0 Å². The minimum Gasteiger partial charge on any atom is -0.534 e. The van der Waals surface area contributed by atoms with Gasteiger partial charge in [-0.25, -0.2) is 4.39 Å². The van der Waals surface area contributed by atoms with Gasteiger partial charge in [-0.2, -0.15) is 0 Å². The van der Waals surface area contributed by atoms with Gasteiger partial charge >= 0.3 is 7.69 Å². The molecule has 64 valence electrons. The topological polar surface area (TPSA) is 38.7 Å². The Kier molecular flexibility index (Phi) is 2.93. The quantitative estimate of drug-likeness (QED) is 0.670. The molecule has 0 aliphatic heterocycles. The van der Waals surface area contributed by atoms with Gasteiger partial charge in [-0.1, -0.05) is 6.07 Å². The molecule has 0 heterocycles. The molecule has 0 aliphatic carbocycles. The van der Waals surface area contributed by atoms with Gasteiger partial charge in [-0.3, -0.25) is 0 Å². The number of methoxy groups -OCH3 is 1. The SMILES string of the molecule is COc1cccc(F)c1OBO. The Labute approximate surface area is 70.0 Å². The summed E-state index contributed by atoms with van der Waals surface area (Å²) in [5.74, 6) is -0.352. The Morgan fingerprint density at radius 1 is 1.50 bits per heavy atom. The number of hydrogen-bond acceptors (Lipinski definition) is 3. The van der Waals surface area contributed by atoms with Gasteiger partial charge in [0, 0.05) is 0 Å². The molecule has 0 aliphatic rings. The number of rotatable bonds is 3. The summed E-state index contributed by atoms with van der Waals surface area (Å²) in [5, 5.41) is 8.42. The molecule has 0 spiro atoms. The van der Waals surface area contributed by atoms with E-state index in [0.29, 0.717) is 0 Å². The lowest BCUT2D eigenvalue weighted by Gasteiger charge is -2.08. The van der Waals surface area contributed by atoms with Crippen LogP contribution in [-0.2, 0) is 0 Å². The fourth-order valence-corrected chi connectivity index (χ4v) is 0.854. The van der Waals surface area contributed by atoms with Crippen LogP contribution in [0.15, 0.2) is 18.2 Å². The van der Waals surface area contributed by atoms with E-state index < -0.39 is 13.5 Å². The van der Waals surface area contributed by atoms with Crippen molar-refractivity contribution in [2.75, 3.05) is 7.11 Å². The van der Waals surface area contributed by atoms with Gasteiger partial charge in [0.2, 0.25) is 0 Å². The highest BCUT2D eigenvalue weighted by Crippen LogP contribution is 2.28. The molecule has 1 aromatic rings. The Balaban J connectivity index is 3.02. The van der Waals surface area contributed by atoms with Crippen molar-refractivity contribution in [3.05, 3.63) is 24.0 Å². The van der Waals surface area contributed by atoms with Crippen molar-refractivity contribution >= 4 is 7.69 Å². The van der Waals surface area contributed by atoms with Gasteiger partial charge in [-0.05, 0) is 12.1 Å². The molecule has 0 atom stereocenters. The van der Waals surface area contributed by atoms with E-state index in [1.54, 1.807) is 6.07 Å². The lowest BCUT2D eigenvalue weighted by molar-refractivity contribution is 0.369. The Hall–Kier alpha value is -1.23. The van der Waals surface area contributed by atoms with Gasteiger partial charge in [-0.15, -0.1) is 0 Å². The molecule has 0 saturated carbocycles. The monoisotopic (exact) mass is 170 g/mol. The molecule has 0 saturated heterocycles. The van der Waals surface area contributed by atoms with Crippen molar-refractivity contribution in [2.24, 2.45) is 0 Å². The van der Waals surface area contributed by atoms with Crippen LogP contribution in [0.5, 0.6) is 11.5 Å². The molecule has 5 heteroatoms. The zero-order chi connectivity index (χ0) is 8.97. The highest BCUT2D eigenvalue weighted by molar-refractivity contribution is 6.17. The summed E-state index contributed by atoms with van der Waals surface area (Å²) >= 11 is 0. The molecule has 0 unspecified atom stereocenters. The van der Waals surface area contributed by atoms with Crippen molar-refractivity contribution in [3.8, 4) is 11.5 Å². The van der Waals surface area contributed by atoms with E-state index in [0.717, 1.165) is 0 Å². The van der Waals surface area contributed by atoms with Crippen molar-refractivity contribution < 1.29 is 18.8 Å². The molecule has 1 rings (SSSR count). The average molecular weight is 170 g/mol. The number of ether oxygens (including phenoxy) is 1. The summed E-state index contributed by atoms with van der Waals surface area (Å²) in [6.45, 7) is 0. The van der Waals surface area contributed by atoms with E-state index in [1.165, 1.54) is 19.2 Å². The molecule has 0 aromatic heterocycles. The standard InChI is InChI=1S/C7H8BFO3/c1-11-6-4-2-3-5(9)7(6)12-8-10/h2-4,8,10H,1H3. The molecule has 3 nitrogen and oxygen atoms in total. The molecule has 1 aromatic carbocycles. The summed E-state index contributed by atoms with van der Waals surface area (Å²) < 4.78 is 22.3. The lowest BCUT2D eigenvalue weighted by atomic mass is 10.3. The van der Waals surface area contributed by atoms with Gasteiger partial charge in [0.25, 0.3) is 0 Å². The van der Waals surface area contributed by atoms with Crippen LogP contribution in [0.25, 0.3) is 0 Å². The average Bonchev–Trinajstić information content (AvgIpc) is 2.09. The van der Waals surface area contributed by atoms with Gasteiger partial charge in [0.1, 0.15) is 0 Å². The van der Waals surface area contributed by atoms with Crippen LogP contribution in [0.4, 0.5) is 4.39 Å². The minimum atomic E-state index is -0.572. The van der Waals surface area contributed by atoms with Crippen LogP contribution in [0, 0.1) is 5.82 Å². The van der Waals surface area contributed by atoms with E-state index in [4.69, 9.17) is 9.76 Å². The summed E-state index contributed by atoms with van der Waals surface area (Å²) in [6.07, 6.45) is 0. The van der Waals surface area contributed by atoms with Gasteiger partial charge < -0.3 is 14.4 Å². The van der Waals surface area contributed by atoms with Crippen molar-refractivity contribution in [1.82, 2.24) is 0 Å². The smallest absolute Gasteiger partial charge is 0.504 e. The number of halogens is 1. The van der Waals surface area contributed by atoms with Crippen LogP contribution in [0.2, 0.25) is 0 Å². The first-order chi connectivity index (χ1) is 5.79. The lowest BCUT2D eigenvalue weighted by Crippen LogP contribution is -2.03. The highest BCUT2D eigenvalue weighted by Gasteiger charge is 2.09. The maximum Gasteiger partial charge on any atom is 0.504 e. The Morgan fingerprint density at radius 2 is 2.25 bits per heavy atom. The number of benzene rings is 1. The largest absolute Gasteiger partial charge is 0.534 e. The van der Waals surface area contributed by atoms with Gasteiger partial charge in [0.05, 0.1) is 7.11 Å².